The maximum absolute atomic E-state index is 13.7. The van der Waals surface area contributed by atoms with Crippen LogP contribution in [0.2, 0.25) is 0 Å². The van der Waals surface area contributed by atoms with Crippen LogP contribution in [0.4, 0.5) is 11.6 Å². The Labute approximate surface area is 406 Å². The number of aromatic nitrogens is 4. The van der Waals surface area contributed by atoms with Crippen LogP contribution < -0.4 is 31.3 Å². The van der Waals surface area contributed by atoms with E-state index >= 15 is 0 Å². The first-order valence-corrected chi connectivity index (χ1v) is 25.0. The van der Waals surface area contributed by atoms with Crippen molar-refractivity contribution in [3.05, 3.63) is 140 Å². The zero-order valence-electron chi connectivity index (χ0n) is 38.9. The van der Waals surface area contributed by atoms with Crippen LogP contribution in [0.1, 0.15) is 39.1 Å². The summed E-state index contributed by atoms with van der Waals surface area (Å²) in [5, 5.41) is 6.67. The zero-order valence-corrected chi connectivity index (χ0v) is 40.6. The molecule has 2 aliphatic rings. The molecule has 9 aromatic rings. The number of anilines is 2. The summed E-state index contributed by atoms with van der Waals surface area (Å²) in [6.45, 7) is 8.75. The number of amides is 2. The van der Waals surface area contributed by atoms with Crippen molar-refractivity contribution in [1.82, 2.24) is 39.2 Å². The Morgan fingerprint density at radius 3 is 1.57 bits per heavy atom. The number of hydrogen-bond acceptors (Lipinski definition) is 13. The fourth-order valence-corrected chi connectivity index (χ4v) is 11.6. The van der Waals surface area contributed by atoms with E-state index in [1.807, 2.05) is 112 Å². The number of fused-ring (bicyclic) bond motifs is 10. The fraction of sp³-hybridized carbons (Fsp3) is 0.308. The van der Waals surface area contributed by atoms with Crippen LogP contribution in [-0.4, -0.2) is 127 Å². The number of methoxy groups -OCH3 is 1. The number of likely N-dealkylation sites (N-methyl/N-ethyl adjacent to an activating group) is 2. The van der Waals surface area contributed by atoms with Gasteiger partial charge < -0.3 is 35.0 Å². The number of benzene rings is 3. The van der Waals surface area contributed by atoms with Gasteiger partial charge in [0.1, 0.15) is 32.4 Å². The molecule has 0 atom stereocenters. The molecule has 8 heterocycles. The van der Waals surface area contributed by atoms with Crippen molar-refractivity contribution in [1.29, 1.82) is 0 Å². The normalized spacial score (nSPS) is 15.2. The zero-order chi connectivity index (χ0) is 47.6. The molecule has 0 spiro atoms. The molecule has 15 nitrogen and oxygen atoms in total. The maximum Gasteiger partial charge on any atom is 0.258 e. The van der Waals surface area contributed by atoms with E-state index in [0.717, 1.165) is 103 Å². The van der Waals surface area contributed by atoms with E-state index in [1.165, 1.54) is 22.7 Å². The van der Waals surface area contributed by atoms with Gasteiger partial charge in [-0.25, -0.2) is 9.97 Å². The van der Waals surface area contributed by atoms with Gasteiger partial charge in [-0.1, -0.05) is 54.6 Å². The highest BCUT2D eigenvalue weighted by atomic mass is 32.1. The predicted octanol–water partition coefficient (Wildman–Crippen LogP) is 6.71. The van der Waals surface area contributed by atoms with Gasteiger partial charge >= 0.3 is 0 Å². The van der Waals surface area contributed by atoms with Gasteiger partial charge in [-0.3, -0.25) is 28.0 Å². The third-order valence-corrected chi connectivity index (χ3v) is 15.3. The molecule has 354 valence electrons. The molecule has 0 aliphatic carbocycles. The molecular weight excluding hydrogens is 909 g/mol. The maximum atomic E-state index is 13.7. The molecule has 17 heteroatoms. The molecule has 3 aromatic carbocycles. The van der Waals surface area contributed by atoms with Gasteiger partial charge in [0.2, 0.25) is 10.9 Å². The fourth-order valence-electron chi connectivity index (χ4n) is 9.28. The van der Waals surface area contributed by atoms with Gasteiger partial charge in [0.05, 0.1) is 37.8 Å². The van der Waals surface area contributed by atoms with Crippen LogP contribution in [0.15, 0.2) is 113 Å². The van der Waals surface area contributed by atoms with Crippen molar-refractivity contribution in [3.8, 4) is 0 Å². The van der Waals surface area contributed by atoms with Crippen LogP contribution >= 0.6 is 22.7 Å². The average molecular weight is 963 g/mol. The van der Waals surface area contributed by atoms with Crippen molar-refractivity contribution >= 4 is 98.3 Å². The second-order valence-electron chi connectivity index (χ2n) is 17.6. The lowest BCUT2D eigenvalue weighted by molar-refractivity contribution is 0.0934. The van der Waals surface area contributed by atoms with Gasteiger partial charge in [0.25, 0.3) is 11.8 Å². The van der Waals surface area contributed by atoms with Crippen molar-refractivity contribution in [2.75, 3.05) is 96.5 Å². The Kier molecular flexibility index (Phi) is 13.4. The van der Waals surface area contributed by atoms with Crippen LogP contribution in [0, 0.1) is 0 Å². The second kappa shape index (κ2) is 20.1. The molecule has 2 saturated heterocycles. The SMILES string of the molecule is CN1CCCN(c2ccc3c(=O)c(C(=O)NCc4ccccc4)c4sc5ccccc5n4c3n2)CC1.COCCNC(=O)c1c(=O)c2ccc(N3CCCN(C)CC3)nc2n2c1sc1ccccc12. The summed E-state index contributed by atoms with van der Waals surface area (Å²) >= 11 is 2.89. The topological polar surface area (TPSA) is 149 Å². The number of rotatable bonds is 9. The number of pyridine rings is 4. The van der Waals surface area contributed by atoms with Crippen LogP contribution in [-0.2, 0) is 11.3 Å². The summed E-state index contributed by atoms with van der Waals surface area (Å²) in [4.78, 5) is 74.2. The molecule has 0 unspecified atom stereocenters. The molecule has 2 fully saturated rings. The summed E-state index contributed by atoms with van der Waals surface area (Å²) in [5.74, 6) is 0.971. The molecule has 0 radical (unpaired) electrons. The van der Waals surface area contributed by atoms with E-state index in [4.69, 9.17) is 14.7 Å². The highest BCUT2D eigenvalue weighted by molar-refractivity contribution is 7.24. The van der Waals surface area contributed by atoms with Crippen molar-refractivity contribution < 1.29 is 14.3 Å². The minimum Gasteiger partial charge on any atom is -0.383 e. The molecule has 6 aromatic heterocycles. The minimum absolute atomic E-state index is 0.158. The Bertz CT molecular complexity index is 3500. The van der Waals surface area contributed by atoms with Crippen LogP contribution in [0.5, 0.6) is 0 Å². The largest absolute Gasteiger partial charge is 0.383 e. The first kappa shape index (κ1) is 46.0. The molecule has 0 saturated carbocycles. The van der Waals surface area contributed by atoms with E-state index in [-0.39, 0.29) is 33.8 Å². The van der Waals surface area contributed by atoms with Gasteiger partial charge in [0.15, 0.2) is 11.3 Å². The Hall–Kier alpha value is -6.76. The number of para-hydroxylation sites is 2. The summed E-state index contributed by atoms with van der Waals surface area (Å²) in [5.41, 5.74) is 3.81. The average Bonchev–Trinajstić information content (AvgIpc) is 3.76. The molecule has 69 heavy (non-hydrogen) atoms. The van der Waals surface area contributed by atoms with E-state index in [2.05, 4.69) is 44.3 Å². The van der Waals surface area contributed by atoms with Crippen molar-refractivity contribution in [2.24, 2.45) is 0 Å². The Morgan fingerprint density at radius 1 is 0.580 bits per heavy atom. The Balaban J connectivity index is 0.000000161. The van der Waals surface area contributed by atoms with Crippen molar-refractivity contribution in [3.63, 3.8) is 0 Å². The van der Waals surface area contributed by atoms with Crippen LogP contribution in [0.3, 0.4) is 0 Å². The predicted molar refractivity (Wildman–Crippen MR) is 279 cm³/mol. The lowest BCUT2D eigenvalue weighted by Crippen LogP contribution is -2.32. The van der Waals surface area contributed by atoms with Gasteiger partial charge in [-0.2, -0.15) is 0 Å². The van der Waals surface area contributed by atoms with Gasteiger partial charge in [-0.15, -0.1) is 22.7 Å². The number of hydrogen-bond donors (Lipinski definition) is 2. The molecule has 2 aliphatic heterocycles. The van der Waals surface area contributed by atoms with E-state index < -0.39 is 0 Å². The first-order chi connectivity index (χ1) is 33.7. The third-order valence-electron chi connectivity index (χ3n) is 13.0. The molecular formula is C52H54N10O5S2. The third kappa shape index (κ3) is 9.15. The monoisotopic (exact) mass is 962 g/mol. The lowest BCUT2D eigenvalue weighted by Gasteiger charge is -2.22. The Morgan fingerprint density at radius 2 is 1.06 bits per heavy atom. The minimum atomic E-state index is -0.386. The molecule has 0 bridgehead atoms. The molecule has 11 rings (SSSR count). The van der Waals surface area contributed by atoms with E-state index in [0.29, 0.717) is 51.4 Å². The highest BCUT2D eigenvalue weighted by Crippen LogP contribution is 2.33. The summed E-state index contributed by atoms with van der Waals surface area (Å²) in [6, 6.07) is 33.1. The number of carbonyl (C=O) groups excluding carboxylic acids is 2. The van der Waals surface area contributed by atoms with Crippen molar-refractivity contribution in [2.45, 2.75) is 19.4 Å². The molecule has 2 N–H and O–H groups in total. The standard InChI is InChI=1S/C28H27N5O2S.C24H27N5O3S/c1-31-14-7-15-32(17-16-31)23-13-12-20-25(34)24(27(35)29-18-19-8-3-2-4-9-19)28-33(26(20)30-23)21-10-5-6-11-22(21)36-28;1-27-11-5-12-28(14-13-27)19-9-8-16-21(30)20(23(31)25-10-15-32-2)24-29(22(16)26-19)17-6-3-4-7-18(17)33-24/h2-6,8-13H,7,14-18H2,1H3,(H,29,35);3-4,6-9H,5,10-15H2,1-2H3,(H,25,31). The summed E-state index contributed by atoms with van der Waals surface area (Å²) < 4.78 is 11.0. The quantitative estimate of drug-likeness (QED) is 0.149. The van der Waals surface area contributed by atoms with E-state index in [1.54, 1.807) is 7.11 Å². The summed E-state index contributed by atoms with van der Waals surface area (Å²) in [7, 11) is 5.85. The van der Waals surface area contributed by atoms with Crippen LogP contribution in [0.25, 0.3) is 52.2 Å². The molecule has 2 amide bonds. The lowest BCUT2D eigenvalue weighted by atomic mass is 10.1. The summed E-state index contributed by atoms with van der Waals surface area (Å²) in [6.07, 6.45) is 2.13. The smallest absolute Gasteiger partial charge is 0.258 e. The first-order valence-electron chi connectivity index (χ1n) is 23.4. The second-order valence-corrected chi connectivity index (χ2v) is 19.7. The number of nitrogens with one attached hydrogen (secondary N) is 2. The van der Waals surface area contributed by atoms with Gasteiger partial charge in [0, 0.05) is 59.5 Å². The number of carbonyl (C=O) groups is 2. The number of ether oxygens (including phenoxy) is 1. The number of thiazole rings is 2. The van der Waals surface area contributed by atoms with E-state index in [9.17, 15) is 19.2 Å². The van der Waals surface area contributed by atoms with Gasteiger partial charge in [-0.05, 0) is 94.1 Å². The highest BCUT2D eigenvalue weighted by Gasteiger charge is 2.26. The number of nitrogens with zero attached hydrogens (tertiary/aromatic N) is 8.